The van der Waals surface area contributed by atoms with Crippen molar-refractivity contribution in [2.45, 2.75) is 11.1 Å². The number of alkyl halides is 3. The summed E-state index contributed by atoms with van der Waals surface area (Å²) in [5.41, 5.74) is -0.683. The van der Waals surface area contributed by atoms with E-state index in [1.54, 1.807) is 0 Å². The smallest absolute Gasteiger partial charge is 0.367 e. The highest BCUT2D eigenvalue weighted by Crippen LogP contribution is 2.32. The van der Waals surface area contributed by atoms with E-state index >= 15 is 0 Å². The maximum Gasteiger partial charge on any atom is 0.417 e. The van der Waals surface area contributed by atoms with Crippen molar-refractivity contribution in [3.63, 3.8) is 0 Å². The van der Waals surface area contributed by atoms with Crippen LogP contribution in [0.2, 0.25) is 5.02 Å². The SMILES string of the molecule is CN(CC(=O)NCCNc1ncc(C(F)(F)F)cc1Cl)S(=O)(=O)c1ccc(C#N)cc1. The summed E-state index contributed by atoms with van der Waals surface area (Å²) in [6, 6.07) is 7.86. The van der Waals surface area contributed by atoms with Crippen LogP contribution in [0.1, 0.15) is 11.1 Å². The van der Waals surface area contributed by atoms with Crippen LogP contribution in [0.4, 0.5) is 19.0 Å². The van der Waals surface area contributed by atoms with Gasteiger partial charge in [0.2, 0.25) is 15.9 Å². The molecule has 1 aromatic carbocycles. The summed E-state index contributed by atoms with van der Waals surface area (Å²) in [5.74, 6) is -0.572. The van der Waals surface area contributed by atoms with Gasteiger partial charge in [0.25, 0.3) is 0 Å². The first-order valence-corrected chi connectivity index (χ1v) is 10.5. The zero-order valence-corrected chi connectivity index (χ0v) is 17.6. The quantitative estimate of drug-likeness (QED) is 0.567. The molecule has 0 saturated carbocycles. The summed E-state index contributed by atoms with van der Waals surface area (Å²) < 4.78 is 63.6. The van der Waals surface area contributed by atoms with E-state index in [2.05, 4.69) is 15.6 Å². The Morgan fingerprint density at radius 2 is 1.90 bits per heavy atom. The third kappa shape index (κ3) is 6.55. The number of benzene rings is 1. The Kier molecular flexibility index (Phi) is 7.83. The van der Waals surface area contributed by atoms with Gasteiger partial charge >= 0.3 is 6.18 Å². The summed E-state index contributed by atoms with van der Waals surface area (Å²) in [4.78, 5) is 15.6. The van der Waals surface area contributed by atoms with Gasteiger partial charge in [-0.25, -0.2) is 13.4 Å². The van der Waals surface area contributed by atoms with Gasteiger partial charge in [0.15, 0.2) is 0 Å². The summed E-state index contributed by atoms with van der Waals surface area (Å²) >= 11 is 5.77. The maximum absolute atomic E-state index is 12.6. The van der Waals surface area contributed by atoms with Crippen molar-refractivity contribution in [1.82, 2.24) is 14.6 Å². The van der Waals surface area contributed by atoms with Crippen molar-refractivity contribution in [3.05, 3.63) is 52.7 Å². The minimum Gasteiger partial charge on any atom is -0.367 e. The molecule has 13 heteroatoms. The van der Waals surface area contributed by atoms with E-state index in [9.17, 15) is 26.4 Å². The molecule has 1 heterocycles. The number of carbonyl (C=O) groups is 1. The predicted octanol–water partition coefficient (Wildman–Crippen LogP) is 2.47. The number of nitrogens with one attached hydrogen (secondary N) is 2. The van der Waals surface area contributed by atoms with Crippen molar-refractivity contribution in [2.24, 2.45) is 0 Å². The van der Waals surface area contributed by atoms with Gasteiger partial charge in [-0.15, -0.1) is 0 Å². The number of likely N-dealkylation sites (N-methyl/N-ethyl adjacent to an activating group) is 1. The Bertz CT molecular complexity index is 1090. The van der Waals surface area contributed by atoms with Crippen LogP contribution in [0.25, 0.3) is 0 Å². The Morgan fingerprint density at radius 1 is 1.26 bits per heavy atom. The molecule has 0 aliphatic rings. The number of anilines is 1. The molecule has 2 N–H and O–H groups in total. The molecule has 0 unspecified atom stereocenters. The molecule has 8 nitrogen and oxygen atoms in total. The number of amides is 1. The normalized spacial score (nSPS) is 11.8. The first-order valence-electron chi connectivity index (χ1n) is 8.65. The largest absolute Gasteiger partial charge is 0.417 e. The van der Waals surface area contributed by atoms with Gasteiger partial charge in [0.05, 0.1) is 33.7 Å². The van der Waals surface area contributed by atoms with Crippen molar-refractivity contribution in [3.8, 4) is 6.07 Å². The number of sulfonamides is 1. The highest BCUT2D eigenvalue weighted by Gasteiger charge is 2.31. The van der Waals surface area contributed by atoms with E-state index in [4.69, 9.17) is 16.9 Å². The zero-order chi connectivity index (χ0) is 23.2. The lowest BCUT2D eigenvalue weighted by molar-refractivity contribution is -0.137. The standard InChI is InChI=1S/C18H17ClF3N5O3S/c1-27(31(29,30)14-4-2-12(9-23)3-5-14)11-16(28)24-6-7-25-17-15(19)8-13(10-26-17)18(20,21)22/h2-5,8,10H,6-7,11H2,1H3,(H,24,28)(H,25,26). The lowest BCUT2D eigenvalue weighted by Gasteiger charge is -2.17. The number of aromatic nitrogens is 1. The third-order valence-corrected chi connectivity index (χ3v) is 6.07. The molecule has 0 saturated heterocycles. The van der Waals surface area contributed by atoms with Crippen molar-refractivity contribution in [1.29, 1.82) is 5.26 Å². The number of hydrogen-bond donors (Lipinski definition) is 2. The average molecular weight is 476 g/mol. The van der Waals surface area contributed by atoms with E-state index in [0.29, 0.717) is 11.8 Å². The first-order chi connectivity index (χ1) is 14.4. The molecule has 1 aromatic heterocycles. The fraction of sp³-hybridized carbons (Fsp3) is 0.278. The van der Waals surface area contributed by atoms with Gasteiger partial charge in [0, 0.05) is 26.3 Å². The minimum absolute atomic E-state index is 0.0180. The monoisotopic (exact) mass is 475 g/mol. The molecular formula is C18H17ClF3N5O3S. The number of nitrogens with zero attached hydrogens (tertiary/aromatic N) is 3. The Morgan fingerprint density at radius 3 is 2.45 bits per heavy atom. The van der Waals surface area contributed by atoms with E-state index in [0.717, 1.165) is 10.4 Å². The van der Waals surface area contributed by atoms with Crippen molar-refractivity contribution >= 4 is 33.3 Å². The van der Waals surface area contributed by atoms with E-state index in [1.165, 1.54) is 31.3 Å². The molecule has 0 radical (unpaired) electrons. The van der Waals surface area contributed by atoms with Crippen LogP contribution in [0.5, 0.6) is 0 Å². The van der Waals surface area contributed by atoms with E-state index in [-0.39, 0.29) is 28.8 Å². The number of hydrogen-bond acceptors (Lipinski definition) is 6. The molecule has 2 rings (SSSR count). The fourth-order valence-corrected chi connectivity index (χ4v) is 3.69. The van der Waals surface area contributed by atoms with Gasteiger partial charge in [-0.3, -0.25) is 4.79 Å². The lowest BCUT2D eigenvalue weighted by Crippen LogP contribution is -2.39. The number of carbonyl (C=O) groups excluding carboxylic acids is 1. The van der Waals surface area contributed by atoms with E-state index < -0.39 is 34.2 Å². The van der Waals surface area contributed by atoms with E-state index in [1.807, 2.05) is 6.07 Å². The molecule has 166 valence electrons. The molecule has 0 aliphatic carbocycles. The fourth-order valence-electron chi connectivity index (χ4n) is 2.33. The number of pyridine rings is 1. The van der Waals surface area contributed by atoms with Gasteiger partial charge in [0.1, 0.15) is 5.82 Å². The van der Waals surface area contributed by atoms with Gasteiger partial charge in [-0.05, 0) is 30.3 Å². The number of nitriles is 1. The summed E-state index contributed by atoms with van der Waals surface area (Å²) in [5, 5.41) is 13.7. The van der Waals surface area contributed by atoms with Gasteiger partial charge < -0.3 is 10.6 Å². The molecule has 0 bridgehead atoms. The molecule has 0 aliphatic heterocycles. The van der Waals surface area contributed by atoms with Crippen molar-refractivity contribution < 1.29 is 26.4 Å². The molecular weight excluding hydrogens is 459 g/mol. The van der Waals surface area contributed by atoms with Crippen LogP contribution < -0.4 is 10.6 Å². The second-order valence-corrected chi connectivity index (χ2v) is 8.68. The van der Waals surface area contributed by atoms with Crippen LogP contribution in [0, 0.1) is 11.3 Å². The lowest BCUT2D eigenvalue weighted by atomic mass is 10.2. The molecule has 0 fully saturated rings. The summed E-state index contributed by atoms with van der Waals surface area (Å²) in [6.45, 7) is -0.319. The number of rotatable bonds is 8. The second-order valence-electron chi connectivity index (χ2n) is 6.23. The topological polar surface area (TPSA) is 115 Å². The highest BCUT2D eigenvalue weighted by atomic mass is 35.5. The van der Waals surface area contributed by atoms with Crippen LogP contribution in [0.3, 0.4) is 0 Å². The van der Waals surface area contributed by atoms with Crippen molar-refractivity contribution in [2.75, 3.05) is 32.0 Å². The molecule has 0 atom stereocenters. The van der Waals surface area contributed by atoms with Crippen LogP contribution >= 0.6 is 11.6 Å². The predicted molar refractivity (Wildman–Crippen MR) is 107 cm³/mol. The molecule has 31 heavy (non-hydrogen) atoms. The molecule has 2 aromatic rings. The van der Waals surface area contributed by atoms with Crippen LogP contribution in [-0.2, 0) is 21.0 Å². The highest BCUT2D eigenvalue weighted by molar-refractivity contribution is 7.89. The van der Waals surface area contributed by atoms with Gasteiger partial charge in [-0.1, -0.05) is 11.6 Å². The Balaban J connectivity index is 1.84. The average Bonchev–Trinajstić information content (AvgIpc) is 2.71. The van der Waals surface area contributed by atoms with Crippen LogP contribution in [0.15, 0.2) is 41.4 Å². The first kappa shape index (κ1) is 24.4. The maximum atomic E-state index is 12.6. The van der Waals surface area contributed by atoms with Crippen LogP contribution in [-0.4, -0.2) is 50.3 Å². The minimum atomic E-state index is -4.56. The zero-order valence-electron chi connectivity index (χ0n) is 16.1. The van der Waals surface area contributed by atoms with Gasteiger partial charge in [-0.2, -0.15) is 22.7 Å². The summed E-state index contributed by atoms with van der Waals surface area (Å²) in [7, 11) is -2.69. The second kappa shape index (κ2) is 9.95. The number of halogens is 4. The molecule has 0 spiro atoms. The Labute approximate surface area is 181 Å². The third-order valence-electron chi connectivity index (χ3n) is 3.97. The summed E-state index contributed by atoms with van der Waals surface area (Å²) in [6.07, 6.45) is -3.93. The molecule has 1 amide bonds. The Hall–Kier alpha value is -2.88.